The average Bonchev–Trinajstić information content (AvgIpc) is 2.64. The molecule has 0 amide bonds. The first-order valence-electron chi connectivity index (χ1n) is 5.57. The summed E-state index contributed by atoms with van der Waals surface area (Å²) in [7, 11) is 0. The van der Waals surface area contributed by atoms with Crippen LogP contribution in [0.3, 0.4) is 0 Å². The van der Waals surface area contributed by atoms with Crippen LogP contribution in [0.4, 0.5) is 0 Å². The lowest BCUT2D eigenvalue weighted by molar-refractivity contribution is 0.280. The largest absolute Gasteiger partial charge is 0.396 e. The molecule has 1 saturated carbocycles. The van der Waals surface area contributed by atoms with E-state index in [1.165, 1.54) is 0 Å². The molecule has 1 aromatic rings. The maximum absolute atomic E-state index is 8.65. The van der Waals surface area contributed by atoms with Crippen LogP contribution in [0.15, 0.2) is 4.52 Å². The first kappa shape index (κ1) is 10.6. The summed E-state index contributed by atoms with van der Waals surface area (Å²) >= 11 is 0. The van der Waals surface area contributed by atoms with E-state index in [9.17, 15) is 0 Å². The highest BCUT2D eigenvalue weighted by Crippen LogP contribution is 2.57. The molecule has 1 fully saturated rings. The smallest absolute Gasteiger partial charge is 0.226 e. The number of aryl methyl sites for hydroxylation is 1. The molecule has 1 aromatic heterocycles. The van der Waals surface area contributed by atoms with Crippen molar-refractivity contribution >= 4 is 0 Å². The van der Waals surface area contributed by atoms with Gasteiger partial charge < -0.3 is 9.63 Å². The standard InChI is InChI=1S/C11H18N2O2/c1-11(2)7-8(11)10-12-9(15-13-10)5-3-4-6-14/h8,14H,3-7H2,1-2H3. The van der Waals surface area contributed by atoms with Crippen molar-refractivity contribution in [3.05, 3.63) is 11.7 Å². The Labute approximate surface area is 89.7 Å². The second kappa shape index (κ2) is 3.93. The summed E-state index contributed by atoms with van der Waals surface area (Å²) in [5.74, 6) is 2.05. The summed E-state index contributed by atoms with van der Waals surface area (Å²) in [5, 5.41) is 12.7. The third kappa shape index (κ3) is 2.37. The number of nitrogens with zero attached hydrogens (tertiary/aromatic N) is 2. The van der Waals surface area contributed by atoms with Crippen LogP contribution in [0.2, 0.25) is 0 Å². The molecule has 1 atom stereocenters. The number of hydrogen-bond acceptors (Lipinski definition) is 4. The van der Waals surface area contributed by atoms with Crippen LogP contribution in [0, 0.1) is 5.41 Å². The number of rotatable bonds is 5. The molecule has 0 bridgehead atoms. The number of aromatic nitrogens is 2. The summed E-state index contributed by atoms with van der Waals surface area (Å²) < 4.78 is 5.16. The Kier molecular flexibility index (Phi) is 2.78. The van der Waals surface area contributed by atoms with Crippen molar-refractivity contribution in [1.29, 1.82) is 0 Å². The minimum atomic E-state index is 0.233. The molecule has 15 heavy (non-hydrogen) atoms. The monoisotopic (exact) mass is 210 g/mol. The van der Waals surface area contributed by atoms with E-state index < -0.39 is 0 Å². The predicted octanol–water partition coefficient (Wildman–Crippen LogP) is 1.90. The van der Waals surface area contributed by atoms with Gasteiger partial charge in [-0.15, -0.1) is 0 Å². The van der Waals surface area contributed by atoms with Crippen LogP contribution < -0.4 is 0 Å². The lowest BCUT2D eigenvalue weighted by Crippen LogP contribution is -1.93. The van der Waals surface area contributed by atoms with Gasteiger partial charge in [-0.05, 0) is 24.7 Å². The highest BCUT2D eigenvalue weighted by atomic mass is 16.5. The Hall–Kier alpha value is -0.900. The van der Waals surface area contributed by atoms with Gasteiger partial charge in [0.2, 0.25) is 5.89 Å². The molecule has 1 N–H and O–H groups in total. The maximum Gasteiger partial charge on any atom is 0.226 e. The lowest BCUT2D eigenvalue weighted by atomic mass is 10.1. The number of aliphatic hydroxyl groups excluding tert-OH is 1. The van der Waals surface area contributed by atoms with Gasteiger partial charge in [0.1, 0.15) is 0 Å². The van der Waals surface area contributed by atoms with E-state index in [1.54, 1.807) is 0 Å². The van der Waals surface area contributed by atoms with Gasteiger partial charge in [0.05, 0.1) is 0 Å². The molecule has 0 saturated heterocycles. The number of hydrogen-bond donors (Lipinski definition) is 1. The van der Waals surface area contributed by atoms with Gasteiger partial charge in [-0.3, -0.25) is 0 Å². The SMILES string of the molecule is CC1(C)CC1c1noc(CCCCO)n1. The Morgan fingerprint density at radius 3 is 2.80 bits per heavy atom. The first-order chi connectivity index (χ1) is 7.13. The van der Waals surface area contributed by atoms with E-state index in [2.05, 4.69) is 24.0 Å². The van der Waals surface area contributed by atoms with E-state index in [0.717, 1.165) is 31.5 Å². The molecule has 1 heterocycles. The van der Waals surface area contributed by atoms with Crippen LogP contribution >= 0.6 is 0 Å². The van der Waals surface area contributed by atoms with Crippen molar-refractivity contribution in [3.63, 3.8) is 0 Å². The van der Waals surface area contributed by atoms with Crippen molar-refractivity contribution in [2.75, 3.05) is 6.61 Å². The van der Waals surface area contributed by atoms with Crippen molar-refractivity contribution < 1.29 is 9.63 Å². The van der Waals surface area contributed by atoms with Gasteiger partial charge >= 0.3 is 0 Å². The van der Waals surface area contributed by atoms with Gasteiger partial charge in [-0.2, -0.15) is 4.98 Å². The summed E-state index contributed by atoms with van der Waals surface area (Å²) in [5.41, 5.74) is 0.353. The molecule has 4 nitrogen and oxygen atoms in total. The Morgan fingerprint density at radius 1 is 1.47 bits per heavy atom. The predicted molar refractivity (Wildman–Crippen MR) is 55.5 cm³/mol. The van der Waals surface area contributed by atoms with Crippen LogP contribution in [0.25, 0.3) is 0 Å². The quantitative estimate of drug-likeness (QED) is 0.754. The molecule has 1 aliphatic rings. The van der Waals surface area contributed by atoms with Crippen LogP contribution in [-0.4, -0.2) is 21.9 Å². The molecule has 0 radical (unpaired) electrons. The summed E-state index contributed by atoms with van der Waals surface area (Å²) in [6, 6.07) is 0. The van der Waals surface area contributed by atoms with Crippen molar-refractivity contribution in [2.45, 2.75) is 45.4 Å². The zero-order valence-electron chi connectivity index (χ0n) is 9.36. The fraction of sp³-hybridized carbons (Fsp3) is 0.818. The van der Waals surface area contributed by atoms with Crippen LogP contribution in [-0.2, 0) is 6.42 Å². The fourth-order valence-electron chi connectivity index (χ4n) is 1.81. The molecule has 84 valence electrons. The van der Waals surface area contributed by atoms with E-state index in [1.807, 2.05) is 0 Å². The van der Waals surface area contributed by atoms with Crippen LogP contribution in [0.5, 0.6) is 0 Å². The highest BCUT2D eigenvalue weighted by molar-refractivity contribution is 5.14. The molecule has 1 unspecified atom stereocenters. The topological polar surface area (TPSA) is 59.2 Å². The van der Waals surface area contributed by atoms with Crippen molar-refractivity contribution in [2.24, 2.45) is 5.41 Å². The molecule has 4 heteroatoms. The average molecular weight is 210 g/mol. The second-order valence-corrected chi connectivity index (χ2v) is 4.97. The lowest BCUT2D eigenvalue weighted by Gasteiger charge is -1.95. The summed E-state index contributed by atoms with van der Waals surface area (Å²) in [6.07, 6.45) is 3.64. The second-order valence-electron chi connectivity index (χ2n) is 4.97. The molecular formula is C11H18N2O2. The highest BCUT2D eigenvalue weighted by Gasteiger charge is 2.49. The van der Waals surface area contributed by atoms with Gasteiger partial charge in [0.15, 0.2) is 5.82 Å². The molecule has 0 aromatic carbocycles. The summed E-state index contributed by atoms with van der Waals surface area (Å²) in [4.78, 5) is 4.38. The molecular weight excluding hydrogens is 192 g/mol. The van der Waals surface area contributed by atoms with Gasteiger partial charge in [0.25, 0.3) is 0 Å². The van der Waals surface area contributed by atoms with E-state index in [0.29, 0.717) is 17.2 Å². The minimum absolute atomic E-state index is 0.233. The molecule has 0 aliphatic heterocycles. The minimum Gasteiger partial charge on any atom is -0.396 e. The number of unbranched alkanes of at least 4 members (excludes halogenated alkanes) is 1. The summed E-state index contributed by atoms with van der Waals surface area (Å²) in [6.45, 7) is 4.68. The van der Waals surface area contributed by atoms with Gasteiger partial charge in [0, 0.05) is 18.9 Å². The van der Waals surface area contributed by atoms with Crippen molar-refractivity contribution in [3.8, 4) is 0 Å². The van der Waals surface area contributed by atoms with E-state index in [-0.39, 0.29) is 6.61 Å². The van der Waals surface area contributed by atoms with Gasteiger partial charge in [-0.1, -0.05) is 19.0 Å². The molecule has 2 rings (SSSR count). The Morgan fingerprint density at radius 2 is 2.20 bits per heavy atom. The molecule has 0 spiro atoms. The number of aliphatic hydroxyl groups is 1. The fourth-order valence-corrected chi connectivity index (χ4v) is 1.81. The normalized spacial score (nSPS) is 23.0. The maximum atomic E-state index is 8.65. The third-order valence-electron chi connectivity index (χ3n) is 3.11. The Bertz CT molecular complexity index is 333. The molecule has 1 aliphatic carbocycles. The van der Waals surface area contributed by atoms with Gasteiger partial charge in [-0.25, -0.2) is 0 Å². The van der Waals surface area contributed by atoms with Crippen LogP contribution in [0.1, 0.15) is 50.7 Å². The zero-order chi connectivity index (χ0) is 10.9. The first-order valence-corrected chi connectivity index (χ1v) is 5.57. The van der Waals surface area contributed by atoms with E-state index >= 15 is 0 Å². The zero-order valence-corrected chi connectivity index (χ0v) is 9.36. The third-order valence-corrected chi connectivity index (χ3v) is 3.11. The van der Waals surface area contributed by atoms with E-state index in [4.69, 9.17) is 9.63 Å². The van der Waals surface area contributed by atoms with Crippen molar-refractivity contribution in [1.82, 2.24) is 10.1 Å². The Balaban J connectivity index is 1.88.